The quantitative estimate of drug-likeness (QED) is 0.199. The highest BCUT2D eigenvalue weighted by molar-refractivity contribution is 14.0. The standard InChI is InChI=1S/C21H32N4O2S.HI/c1-5-26-11-12-27-15-19-8-6-7-18(13-19)14-24-21(22-4)23-10-9-20-25-16(2)17(3)28-20;/h6-8,13H,5,9-12,14-15H2,1-4H3,(H2,22,23,24);1H. The second-order valence-electron chi connectivity index (χ2n) is 6.42. The van der Waals surface area contributed by atoms with Crippen LogP contribution in [0.4, 0.5) is 0 Å². The number of halogens is 1. The van der Waals surface area contributed by atoms with E-state index in [0.29, 0.717) is 26.4 Å². The van der Waals surface area contributed by atoms with Gasteiger partial charge in [-0.15, -0.1) is 35.3 Å². The van der Waals surface area contributed by atoms with Gasteiger partial charge in [-0.05, 0) is 31.9 Å². The maximum Gasteiger partial charge on any atom is 0.191 e. The van der Waals surface area contributed by atoms with Gasteiger partial charge in [0.25, 0.3) is 0 Å². The summed E-state index contributed by atoms with van der Waals surface area (Å²) >= 11 is 1.76. The van der Waals surface area contributed by atoms with Gasteiger partial charge in [0, 0.05) is 38.0 Å². The summed E-state index contributed by atoms with van der Waals surface area (Å²) in [6, 6.07) is 8.39. The van der Waals surface area contributed by atoms with Crippen LogP contribution in [0.25, 0.3) is 0 Å². The molecule has 8 heteroatoms. The van der Waals surface area contributed by atoms with E-state index in [4.69, 9.17) is 9.47 Å². The zero-order chi connectivity index (χ0) is 20.2. The SMILES string of the molecule is CCOCCOCc1cccc(CNC(=NC)NCCc2nc(C)c(C)s2)c1.I. The van der Waals surface area contributed by atoms with Crippen LogP contribution in [0.15, 0.2) is 29.3 Å². The molecule has 162 valence electrons. The lowest BCUT2D eigenvalue weighted by atomic mass is 10.1. The topological polar surface area (TPSA) is 67.8 Å². The van der Waals surface area contributed by atoms with E-state index in [1.807, 2.05) is 6.92 Å². The fourth-order valence-corrected chi connectivity index (χ4v) is 3.56. The molecule has 0 saturated heterocycles. The summed E-state index contributed by atoms with van der Waals surface area (Å²) in [5, 5.41) is 7.88. The van der Waals surface area contributed by atoms with Crippen molar-refractivity contribution < 1.29 is 9.47 Å². The van der Waals surface area contributed by atoms with Crippen molar-refractivity contribution in [3.8, 4) is 0 Å². The van der Waals surface area contributed by atoms with Gasteiger partial charge in [0.2, 0.25) is 0 Å². The second kappa shape index (κ2) is 14.7. The van der Waals surface area contributed by atoms with Gasteiger partial charge in [-0.1, -0.05) is 24.3 Å². The van der Waals surface area contributed by atoms with E-state index in [0.717, 1.165) is 41.8 Å². The van der Waals surface area contributed by atoms with Gasteiger partial charge in [-0.25, -0.2) is 4.98 Å². The Hall–Kier alpha value is -1.23. The second-order valence-corrected chi connectivity index (χ2v) is 7.71. The molecule has 0 saturated carbocycles. The molecule has 1 aromatic heterocycles. The minimum atomic E-state index is 0. The van der Waals surface area contributed by atoms with E-state index in [1.54, 1.807) is 18.4 Å². The first-order valence-electron chi connectivity index (χ1n) is 9.73. The van der Waals surface area contributed by atoms with E-state index in [-0.39, 0.29) is 24.0 Å². The number of rotatable bonds is 11. The average molecular weight is 532 g/mol. The number of aromatic nitrogens is 1. The lowest BCUT2D eigenvalue weighted by Gasteiger charge is -2.12. The number of aliphatic imine (C=N–C) groups is 1. The van der Waals surface area contributed by atoms with Crippen molar-refractivity contribution in [3.05, 3.63) is 51.0 Å². The summed E-state index contributed by atoms with van der Waals surface area (Å²) in [5.74, 6) is 0.795. The van der Waals surface area contributed by atoms with Gasteiger partial charge in [0.15, 0.2) is 5.96 Å². The van der Waals surface area contributed by atoms with Crippen molar-refractivity contribution in [2.75, 3.05) is 33.4 Å². The molecule has 0 bridgehead atoms. The first kappa shape index (κ1) is 25.8. The van der Waals surface area contributed by atoms with Crippen LogP contribution >= 0.6 is 35.3 Å². The average Bonchev–Trinajstić information content (AvgIpc) is 3.02. The van der Waals surface area contributed by atoms with Crippen molar-refractivity contribution in [3.63, 3.8) is 0 Å². The Labute approximate surface area is 195 Å². The fraction of sp³-hybridized carbons (Fsp3) is 0.524. The lowest BCUT2D eigenvalue weighted by Crippen LogP contribution is -2.37. The molecule has 0 aliphatic carbocycles. The summed E-state index contributed by atoms with van der Waals surface area (Å²) in [4.78, 5) is 10.2. The molecule has 0 aliphatic rings. The zero-order valence-electron chi connectivity index (χ0n) is 17.8. The molecule has 2 aromatic rings. The number of guanidine groups is 1. The Morgan fingerprint density at radius 2 is 1.90 bits per heavy atom. The number of hydrogen-bond acceptors (Lipinski definition) is 5. The molecule has 0 atom stereocenters. The molecule has 29 heavy (non-hydrogen) atoms. The van der Waals surface area contributed by atoms with E-state index >= 15 is 0 Å². The van der Waals surface area contributed by atoms with Crippen molar-refractivity contribution >= 4 is 41.3 Å². The largest absolute Gasteiger partial charge is 0.379 e. The Balaban J connectivity index is 0.00000420. The number of thiazole rings is 1. The Morgan fingerprint density at radius 3 is 2.59 bits per heavy atom. The molecule has 0 fully saturated rings. The fourth-order valence-electron chi connectivity index (χ4n) is 2.62. The summed E-state index contributed by atoms with van der Waals surface area (Å²) in [6.07, 6.45) is 0.897. The van der Waals surface area contributed by atoms with Crippen LogP contribution in [-0.2, 0) is 29.0 Å². The summed E-state index contributed by atoms with van der Waals surface area (Å²) in [7, 11) is 1.79. The molecule has 1 aromatic carbocycles. The van der Waals surface area contributed by atoms with E-state index in [9.17, 15) is 0 Å². The Bertz CT molecular complexity index is 733. The number of benzene rings is 1. The molecule has 6 nitrogen and oxygen atoms in total. The van der Waals surface area contributed by atoms with Gasteiger partial charge in [0.05, 0.1) is 30.5 Å². The van der Waals surface area contributed by atoms with Crippen molar-refractivity contribution in [2.45, 2.75) is 40.3 Å². The van der Waals surface area contributed by atoms with E-state index in [2.05, 4.69) is 58.7 Å². The summed E-state index contributed by atoms with van der Waals surface area (Å²) < 4.78 is 10.9. The number of ether oxygens (including phenoxy) is 2. The highest BCUT2D eigenvalue weighted by Crippen LogP contribution is 2.16. The monoisotopic (exact) mass is 532 g/mol. The maximum atomic E-state index is 5.64. The number of hydrogen-bond donors (Lipinski definition) is 2. The highest BCUT2D eigenvalue weighted by atomic mass is 127. The Kier molecular flexibility index (Phi) is 13.1. The molecule has 0 amide bonds. The van der Waals surface area contributed by atoms with Gasteiger partial charge in [-0.3, -0.25) is 4.99 Å². The minimum absolute atomic E-state index is 0. The normalized spacial score (nSPS) is 11.2. The van der Waals surface area contributed by atoms with Crippen molar-refractivity contribution in [1.82, 2.24) is 15.6 Å². The summed E-state index contributed by atoms with van der Waals surface area (Å²) in [6.45, 7) is 10.3. The smallest absolute Gasteiger partial charge is 0.191 e. The molecular weight excluding hydrogens is 499 g/mol. The highest BCUT2D eigenvalue weighted by Gasteiger charge is 2.04. The third-order valence-electron chi connectivity index (χ3n) is 4.22. The van der Waals surface area contributed by atoms with Crippen molar-refractivity contribution in [1.29, 1.82) is 0 Å². The molecule has 0 aliphatic heterocycles. The lowest BCUT2D eigenvalue weighted by molar-refractivity contribution is 0.0453. The third-order valence-corrected chi connectivity index (χ3v) is 5.36. The molecule has 2 N–H and O–H groups in total. The van der Waals surface area contributed by atoms with Gasteiger partial charge in [0.1, 0.15) is 0 Å². The van der Waals surface area contributed by atoms with Crippen LogP contribution < -0.4 is 10.6 Å². The van der Waals surface area contributed by atoms with E-state index in [1.165, 1.54) is 10.4 Å². The molecule has 2 rings (SSSR count). The van der Waals surface area contributed by atoms with Crippen LogP contribution in [0.1, 0.15) is 33.6 Å². The molecule has 0 radical (unpaired) electrons. The van der Waals surface area contributed by atoms with Gasteiger partial charge < -0.3 is 20.1 Å². The third kappa shape index (κ3) is 9.88. The van der Waals surface area contributed by atoms with Crippen LogP contribution in [0, 0.1) is 13.8 Å². The molecule has 0 spiro atoms. The summed E-state index contributed by atoms with van der Waals surface area (Å²) in [5.41, 5.74) is 3.48. The van der Waals surface area contributed by atoms with Crippen LogP contribution in [0.2, 0.25) is 0 Å². The predicted molar refractivity (Wildman–Crippen MR) is 131 cm³/mol. The number of nitrogens with one attached hydrogen (secondary N) is 2. The number of nitrogens with zero attached hydrogens (tertiary/aromatic N) is 2. The minimum Gasteiger partial charge on any atom is -0.379 e. The predicted octanol–water partition coefficient (Wildman–Crippen LogP) is 3.84. The maximum absolute atomic E-state index is 5.64. The van der Waals surface area contributed by atoms with Crippen LogP contribution in [0.3, 0.4) is 0 Å². The first-order valence-corrected chi connectivity index (χ1v) is 10.5. The number of aryl methyl sites for hydroxylation is 2. The molecular formula is C21H33IN4O2S. The van der Waals surface area contributed by atoms with Crippen molar-refractivity contribution in [2.24, 2.45) is 4.99 Å². The Morgan fingerprint density at radius 1 is 1.14 bits per heavy atom. The van der Waals surface area contributed by atoms with E-state index < -0.39 is 0 Å². The van der Waals surface area contributed by atoms with Gasteiger partial charge >= 0.3 is 0 Å². The van der Waals surface area contributed by atoms with Crippen LogP contribution in [-0.4, -0.2) is 44.4 Å². The van der Waals surface area contributed by atoms with Crippen LogP contribution in [0.5, 0.6) is 0 Å². The zero-order valence-corrected chi connectivity index (χ0v) is 20.9. The molecule has 1 heterocycles. The van der Waals surface area contributed by atoms with Gasteiger partial charge in [-0.2, -0.15) is 0 Å². The molecule has 0 unspecified atom stereocenters. The first-order chi connectivity index (χ1) is 13.6.